The second kappa shape index (κ2) is 13.9. The first kappa shape index (κ1) is 29.9. The number of carbonyl (C=O) groups is 2. The first-order valence-electron chi connectivity index (χ1n) is 12.0. The van der Waals surface area contributed by atoms with Crippen molar-refractivity contribution in [3.8, 4) is 0 Å². The van der Waals surface area contributed by atoms with Gasteiger partial charge >= 0.3 is 0 Å². The molecule has 2 rings (SSSR count). The normalized spacial score (nSPS) is 12.2. The van der Waals surface area contributed by atoms with E-state index in [1.54, 1.807) is 42.2 Å². The van der Waals surface area contributed by atoms with Crippen LogP contribution in [0.4, 0.5) is 5.69 Å². The average molecular weight is 557 g/mol. The Morgan fingerprint density at radius 3 is 2.39 bits per heavy atom. The van der Waals surface area contributed by atoms with Gasteiger partial charge in [0, 0.05) is 36.1 Å². The van der Waals surface area contributed by atoms with Crippen molar-refractivity contribution in [2.75, 3.05) is 23.7 Å². The Hall–Kier alpha value is -2.29. The van der Waals surface area contributed by atoms with Crippen molar-refractivity contribution >= 4 is 50.7 Å². The lowest BCUT2D eigenvalue weighted by Crippen LogP contribution is -2.49. The molecule has 0 saturated heterocycles. The van der Waals surface area contributed by atoms with Crippen molar-refractivity contribution < 1.29 is 18.0 Å². The second-order valence-electron chi connectivity index (χ2n) is 8.70. The van der Waals surface area contributed by atoms with Crippen molar-refractivity contribution in [1.82, 2.24) is 10.2 Å². The van der Waals surface area contributed by atoms with Crippen molar-refractivity contribution in [3.63, 3.8) is 0 Å². The van der Waals surface area contributed by atoms with Crippen LogP contribution < -0.4 is 9.62 Å². The van der Waals surface area contributed by atoms with Gasteiger partial charge in [-0.05, 0) is 55.5 Å². The molecule has 7 nitrogen and oxygen atoms in total. The molecule has 2 aromatic rings. The summed E-state index contributed by atoms with van der Waals surface area (Å²) in [7, 11) is -3.61. The Labute approximate surface area is 224 Å². The quantitative estimate of drug-likeness (QED) is 0.368. The van der Waals surface area contributed by atoms with E-state index in [9.17, 15) is 18.0 Å². The standard InChI is InChI=1S/C26H35Cl2N3O4S/c1-5-15-29-26(33)23(6-2)30(18-20-10-7-8-11-22(20)28)25(32)12-9-16-31(36(4,34)35)24-17-21(27)14-13-19(24)3/h7-8,10-11,13-14,17,23H,5-6,9,12,15-16,18H2,1-4H3,(H,29,33)/t23-/m0/s1. The lowest BCUT2D eigenvalue weighted by molar-refractivity contribution is -0.141. The Kier molecular flexibility index (Phi) is 11.5. The van der Waals surface area contributed by atoms with Crippen LogP contribution in [0.15, 0.2) is 42.5 Å². The zero-order valence-corrected chi connectivity index (χ0v) is 23.6. The van der Waals surface area contributed by atoms with Crippen LogP contribution in [0.2, 0.25) is 10.0 Å². The third-order valence-electron chi connectivity index (χ3n) is 5.83. The van der Waals surface area contributed by atoms with Crippen LogP contribution in [0, 0.1) is 6.92 Å². The van der Waals surface area contributed by atoms with Crippen LogP contribution in [0.1, 0.15) is 50.7 Å². The fraction of sp³-hybridized carbons (Fsp3) is 0.462. The maximum absolute atomic E-state index is 13.4. The van der Waals surface area contributed by atoms with E-state index in [0.29, 0.717) is 28.7 Å². The maximum atomic E-state index is 13.4. The number of aryl methyl sites for hydroxylation is 1. The molecule has 2 amide bonds. The summed E-state index contributed by atoms with van der Waals surface area (Å²) in [5.74, 6) is -0.461. The van der Waals surface area contributed by atoms with Gasteiger partial charge in [0.1, 0.15) is 6.04 Å². The summed E-state index contributed by atoms with van der Waals surface area (Å²) >= 11 is 12.5. The minimum atomic E-state index is -3.61. The van der Waals surface area contributed by atoms with Gasteiger partial charge in [0.15, 0.2) is 0 Å². The highest BCUT2D eigenvalue weighted by atomic mass is 35.5. The molecule has 1 N–H and O–H groups in total. The third-order valence-corrected chi connectivity index (χ3v) is 7.61. The van der Waals surface area contributed by atoms with E-state index in [4.69, 9.17) is 23.2 Å². The minimum absolute atomic E-state index is 0.0631. The third kappa shape index (κ3) is 8.39. The highest BCUT2D eigenvalue weighted by Crippen LogP contribution is 2.27. The summed E-state index contributed by atoms with van der Waals surface area (Å²) in [5, 5.41) is 3.82. The number of carbonyl (C=O) groups excluding carboxylic acids is 2. The number of halogens is 2. The number of nitrogens with zero attached hydrogens (tertiary/aromatic N) is 2. The summed E-state index contributed by atoms with van der Waals surface area (Å²) in [6.07, 6.45) is 2.68. The highest BCUT2D eigenvalue weighted by Gasteiger charge is 2.29. The Morgan fingerprint density at radius 2 is 1.78 bits per heavy atom. The van der Waals surface area contributed by atoms with E-state index in [1.165, 1.54) is 4.31 Å². The highest BCUT2D eigenvalue weighted by molar-refractivity contribution is 7.92. The summed E-state index contributed by atoms with van der Waals surface area (Å²) in [6, 6.07) is 11.6. The van der Waals surface area contributed by atoms with Gasteiger partial charge < -0.3 is 10.2 Å². The molecule has 0 spiro atoms. The number of rotatable bonds is 13. The molecule has 36 heavy (non-hydrogen) atoms. The number of anilines is 1. The van der Waals surface area contributed by atoms with Crippen molar-refractivity contribution in [3.05, 3.63) is 63.6 Å². The lowest BCUT2D eigenvalue weighted by Gasteiger charge is -2.31. The molecule has 1 atom stereocenters. The van der Waals surface area contributed by atoms with Crippen molar-refractivity contribution in [2.24, 2.45) is 0 Å². The monoisotopic (exact) mass is 555 g/mol. The van der Waals surface area contributed by atoms with Gasteiger partial charge in [0.25, 0.3) is 0 Å². The molecule has 0 aromatic heterocycles. The molecule has 2 aromatic carbocycles. The number of hydrogen-bond donors (Lipinski definition) is 1. The smallest absolute Gasteiger partial charge is 0.242 e. The largest absolute Gasteiger partial charge is 0.354 e. The predicted octanol–water partition coefficient (Wildman–Crippen LogP) is 5.18. The molecule has 0 saturated carbocycles. The molecule has 0 unspecified atom stereocenters. The van der Waals surface area contributed by atoms with Crippen LogP contribution in [0.5, 0.6) is 0 Å². The fourth-order valence-electron chi connectivity index (χ4n) is 3.93. The van der Waals surface area contributed by atoms with E-state index in [1.807, 2.05) is 26.0 Å². The van der Waals surface area contributed by atoms with Crippen LogP contribution >= 0.6 is 23.2 Å². The van der Waals surface area contributed by atoms with Crippen LogP contribution in [-0.2, 0) is 26.2 Å². The SMILES string of the molecule is CCCNC(=O)[C@H](CC)N(Cc1ccccc1Cl)C(=O)CCCN(c1cc(Cl)ccc1C)S(C)(=O)=O. The second-order valence-corrected chi connectivity index (χ2v) is 11.4. The molecule has 198 valence electrons. The van der Waals surface area contributed by atoms with Gasteiger partial charge in [-0.15, -0.1) is 0 Å². The van der Waals surface area contributed by atoms with Crippen molar-refractivity contribution in [1.29, 1.82) is 0 Å². The first-order chi connectivity index (χ1) is 17.0. The van der Waals surface area contributed by atoms with Gasteiger partial charge in [-0.1, -0.05) is 61.3 Å². The minimum Gasteiger partial charge on any atom is -0.354 e. The Bertz CT molecular complexity index is 1160. The summed E-state index contributed by atoms with van der Waals surface area (Å²) in [6.45, 7) is 6.43. The number of sulfonamides is 1. The molecule has 0 aliphatic carbocycles. The van der Waals surface area contributed by atoms with Crippen molar-refractivity contribution in [2.45, 2.75) is 59.0 Å². The molecule has 0 heterocycles. The average Bonchev–Trinajstić information content (AvgIpc) is 2.82. The molecular formula is C26H35Cl2N3O4S. The maximum Gasteiger partial charge on any atom is 0.242 e. The summed E-state index contributed by atoms with van der Waals surface area (Å²) in [4.78, 5) is 27.9. The van der Waals surface area contributed by atoms with Crippen LogP contribution in [-0.4, -0.2) is 50.5 Å². The number of benzene rings is 2. The van der Waals surface area contributed by atoms with E-state index in [0.717, 1.165) is 23.8 Å². The molecule has 10 heteroatoms. The Morgan fingerprint density at radius 1 is 1.08 bits per heavy atom. The zero-order chi connectivity index (χ0) is 26.9. The van der Waals surface area contributed by atoms with Gasteiger partial charge in [0.2, 0.25) is 21.8 Å². The predicted molar refractivity (Wildman–Crippen MR) is 147 cm³/mol. The van der Waals surface area contributed by atoms with Gasteiger partial charge in [-0.3, -0.25) is 13.9 Å². The molecule has 0 aliphatic heterocycles. The van der Waals surface area contributed by atoms with E-state index in [2.05, 4.69) is 5.32 Å². The summed E-state index contributed by atoms with van der Waals surface area (Å²) in [5.41, 5.74) is 1.98. The molecular weight excluding hydrogens is 521 g/mol. The van der Waals surface area contributed by atoms with Crippen LogP contribution in [0.25, 0.3) is 0 Å². The van der Waals surface area contributed by atoms with Gasteiger partial charge in [-0.25, -0.2) is 8.42 Å². The zero-order valence-electron chi connectivity index (χ0n) is 21.3. The van der Waals surface area contributed by atoms with Crippen LogP contribution in [0.3, 0.4) is 0 Å². The summed E-state index contributed by atoms with van der Waals surface area (Å²) < 4.78 is 26.4. The fourth-order valence-corrected chi connectivity index (χ4v) is 5.31. The molecule has 0 radical (unpaired) electrons. The lowest BCUT2D eigenvalue weighted by atomic mass is 10.1. The number of hydrogen-bond acceptors (Lipinski definition) is 4. The Balaban J connectivity index is 2.25. The first-order valence-corrected chi connectivity index (χ1v) is 14.6. The van der Waals surface area contributed by atoms with Gasteiger partial charge in [-0.2, -0.15) is 0 Å². The molecule has 0 aliphatic rings. The molecule has 0 bridgehead atoms. The van der Waals surface area contributed by atoms with E-state index >= 15 is 0 Å². The number of amides is 2. The van der Waals surface area contributed by atoms with E-state index in [-0.39, 0.29) is 37.7 Å². The molecule has 0 fully saturated rings. The van der Waals surface area contributed by atoms with Gasteiger partial charge in [0.05, 0.1) is 11.9 Å². The number of nitrogens with one attached hydrogen (secondary N) is 1. The topological polar surface area (TPSA) is 86.8 Å². The van der Waals surface area contributed by atoms with E-state index < -0.39 is 16.1 Å².